The van der Waals surface area contributed by atoms with Gasteiger partial charge in [-0.2, -0.15) is 0 Å². The number of carbonyl (C=O) groups excluding carboxylic acids is 2. The van der Waals surface area contributed by atoms with E-state index in [1.54, 1.807) is 6.07 Å². The number of thiophene rings is 1. The molecule has 1 unspecified atom stereocenters. The summed E-state index contributed by atoms with van der Waals surface area (Å²) >= 11 is 1.39. The summed E-state index contributed by atoms with van der Waals surface area (Å²) in [4.78, 5) is 24.0. The molecule has 1 aliphatic heterocycles. The maximum Gasteiger partial charge on any atom is 0.240 e. The second-order valence-electron chi connectivity index (χ2n) is 3.19. The van der Waals surface area contributed by atoms with Crippen LogP contribution < -0.4 is 10.6 Å². The van der Waals surface area contributed by atoms with Crippen molar-refractivity contribution in [3.05, 3.63) is 17.0 Å². The molecule has 0 radical (unpaired) electrons. The normalized spacial score (nSPS) is 20.3. The van der Waals surface area contributed by atoms with Crippen molar-refractivity contribution < 1.29 is 9.59 Å². The van der Waals surface area contributed by atoms with E-state index in [1.165, 1.54) is 11.3 Å². The lowest BCUT2D eigenvalue weighted by Crippen LogP contribution is -2.54. The van der Waals surface area contributed by atoms with Crippen LogP contribution in [0.4, 0.5) is 5.00 Å². The van der Waals surface area contributed by atoms with Gasteiger partial charge in [0.15, 0.2) is 6.29 Å². The number of hydrogen-bond donors (Lipinski definition) is 1. The van der Waals surface area contributed by atoms with Gasteiger partial charge in [-0.1, -0.05) is 0 Å². The summed E-state index contributed by atoms with van der Waals surface area (Å²) in [6, 6.07) is 3.42. The van der Waals surface area contributed by atoms with Gasteiger partial charge in [-0.05, 0) is 18.6 Å². The van der Waals surface area contributed by atoms with Crippen molar-refractivity contribution in [1.29, 1.82) is 0 Å². The molecular formula is C9H10N2O2S. The van der Waals surface area contributed by atoms with E-state index < -0.39 is 0 Å². The van der Waals surface area contributed by atoms with Gasteiger partial charge in [0.1, 0.15) is 6.04 Å². The first-order valence-corrected chi connectivity index (χ1v) is 5.15. The summed E-state index contributed by atoms with van der Waals surface area (Å²) in [7, 11) is 0. The molecule has 0 spiro atoms. The minimum absolute atomic E-state index is 0.187. The fourth-order valence-electron chi connectivity index (χ4n) is 1.51. The quantitative estimate of drug-likeness (QED) is 0.744. The molecule has 1 aliphatic rings. The third kappa shape index (κ3) is 1.39. The van der Waals surface area contributed by atoms with Gasteiger partial charge < -0.3 is 10.6 Å². The van der Waals surface area contributed by atoms with Crippen LogP contribution in [0.25, 0.3) is 0 Å². The summed E-state index contributed by atoms with van der Waals surface area (Å²) in [6.45, 7) is 0.840. The number of hydrogen-bond acceptors (Lipinski definition) is 4. The number of anilines is 1. The predicted octanol–water partition coefficient (Wildman–Crippen LogP) is 0.625. The van der Waals surface area contributed by atoms with Gasteiger partial charge >= 0.3 is 0 Å². The fourth-order valence-corrected chi connectivity index (χ4v) is 2.40. The Bertz CT molecular complexity index is 375. The molecule has 1 saturated heterocycles. The van der Waals surface area contributed by atoms with Crippen LogP contribution in [0.2, 0.25) is 0 Å². The number of aldehydes is 1. The minimum Gasteiger partial charge on any atom is -0.368 e. The SMILES string of the molecule is NC(=O)C1CCN1c1ccc(C=O)s1. The minimum atomic E-state index is -0.294. The van der Waals surface area contributed by atoms with Crippen LogP contribution in [-0.2, 0) is 4.79 Å². The standard InChI is InChI=1S/C9H10N2O2S/c10-9(13)7-3-4-11(7)8-2-1-6(5-12)14-8/h1-2,5,7H,3-4H2,(H2,10,13). The van der Waals surface area contributed by atoms with Crippen molar-refractivity contribution >= 4 is 28.5 Å². The Balaban J connectivity index is 2.15. The molecule has 2 heterocycles. The number of primary amides is 1. The van der Waals surface area contributed by atoms with Gasteiger partial charge in [-0.25, -0.2) is 0 Å². The highest BCUT2D eigenvalue weighted by Gasteiger charge is 2.33. The molecule has 5 heteroatoms. The second-order valence-corrected chi connectivity index (χ2v) is 4.29. The van der Waals surface area contributed by atoms with Gasteiger partial charge in [-0.3, -0.25) is 9.59 Å². The Morgan fingerprint density at radius 3 is 2.86 bits per heavy atom. The van der Waals surface area contributed by atoms with Gasteiger partial charge in [0.05, 0.1) is 9.88 Å². The summed E-state index contributed by atoms with van der Waals surface area (Å²) < 4.78 is 0. The Morgan fingerprint density at radius 1 is 1.64 bits per heavy atom. The topological polar surface area (TPSA) is 63.4 Å². The number of nitrogens with zero attached hydrogens (tertiary/aromatic N) is 1. The second kappa shape index (κ2) is 3.42. The molecule has 1 aromatic rings. The molecule has 0 aliphatic carbocycles. The summed E-state index contributed by atoms with van der Waals surface area (Å²) in [5.41, 5.74) is 5.22. The van der Waals surface area contributed by atoms with E-state index in [0.717, 1.165) is 24.3 Å². The van der Waals surface area contributed by atoms with Crippen LogP contribution in [0.5, 0.6) is 0 Å². The van der Waals surface area contributed by atoms with Crippen molar-refractivity contribution in [1.82, 2.24) is 0 Å². The average Bonchev–Trinajstić information content (AvgIpc) is 2.49. The number of nitrogens with two attached hydrogens (primary N) is 1. The van der Waals surface area contributed by atoms with Crippen LogP contribution in [0.3, 0.4) is 0 Å². The lowest BCUT2D eigenvalue weighted by molar-refractivity contribution is -0.120. The molecule has 1 atom stereocenters. The highest BCUT2D eigenvalue weighted by molar-refractivity contribution is 7.17. The van der Waals surface area contributed by atoms with Crippen LogP contribution in [0.1, 0.15) is 16.1 Å². The molecule has 1 amide bonds. The zero-order valence-corrected chi connectivity index (χ0v) is 8.29. The predicted molar refractivity (Wildman–Crippen MR) is 54.7 cm³/mol. The Morgan fingerprint density at radius 2 is 2.43 bits per heavy atom. The number of carbonyl (C=O) groups is 2. The van der Waals surface area contributed by atoms with Crippen molar-refractivity contribution in [2.24, 2.45) is 5.73 Å². The molecule has 0 bridgehead atoms. The third-order valence-electron chi connectivity index (χ3n) is 2.36. The molecule has 4 nitrogen and oxygen atoms in total. The van der Waals surface area contributed by atoms with Crippen molar-refractivity contribution in [2.45, 2.75) is 12.5 Å². The fraction of sp³-hybridized carbons (Fsp3) is 0.333. The highest BCUT2D eigenvalue weighted by Crippen LogP contribution is 2.32. The van der Waals surface area contributed by atoms with E-state index >= 15 is 0 Å². The molecule has 2 rings (SSSR count). The first-order valence-electron chi connectivity index (χ1n) is 4.33. The molecule has 2 N–H and O–H groups in total. The van der Waals surface area contributed by atoms with Crippen LogP contribution in [0.15, 0.2) is 12.1 Å². The monoisotopic (exact) mass is 210 g/mol. The molecule has 1 fully saturated rings. The van der Waals surface area contributed by atoms with Crippen LogP contribution >= 0.6 is 11.3 Å². The molecule has 0 saturated carbocycles. The van der Waals surface area contributed by atoms with Crippen LogP contribution in [-0.4, -0.2) is 24.8 Å². The lowest BCUT2D eigenvalue weighted by Gasteiger charge is -2.39. The molecule has 14 heavy (non-hydrogen) atoms. The lowest BCUT2D eigenvalue weighted by atomic mass is 10.0. The van der Waals surface area contributed by atoms with Gasteiger partial charge in [0, 0.05) is 6.54 Å². The van der Waals surface area contributed by atoms with Gasteiger partial charge in [-0.15, -0.1) is 11.3 Å². The van der Waals surface area contributed by atoms with E-state index in [9.17, 15) is 9.59 Å². The first-order chi connectivity index (χ1) is 6.72. The molecule has 0 aromatic carbocycles. The third-order valence-corrected chi connectivity index (χ3v) is 3.41. The average molecular weight is 210 g/mol. The Labute approximate surface area is 85.3 Å². The molecule has 1 aromatic heterocycles. The summed E-state index contributed by atoms with van der Waals surface area (Å²) in [6.07, 6.45) is 1.62. The van der Waals surface area contributed by atoms with E-state index in [0.29, 0.717) is 4.88 Å². The van der Waals surface area contributed by atoms with E-state index in [2.05, 4.69) is 0 Å². The van der Waals surface area contributed by atoms with E-state index in [1.807, 2.05) is 11.0 Å². The van der Waals surface area contributed by atoms with E-state index in [4.69, 9.17) is 5.73 Å². The maximum absolute atomic E-state index is 11.0. The molecular weight excluding hydrogens is 200 g/mol. The highest BCUT2D eigenvalue weighted by atomic mass is 32.1. The number of rotatable bonds is 3. The van der Waals surface area contributed by atoms with Crippen molar-refractivity contribution in [2.75, 3.05) is 11.4 Å². The molecule has 74 valence electrons. The van der Waals surface area contributed by atoms with Gasteiger partial charge in [0.2, 0.25) is 5.91 Å². The zero-order chi connectivity index (χ0) is 10.1. The Kier molecular flexibility index (Phi) is 2.25. The maximum atomic E-state index is 11.0. The van der Waals surface area contributed by atoms with Crippen molar-refractivity contribution in [3.63, 3.8) is 0 Å². The summed E-state index contributed by atoms with van der Waals surface area (Å²) in [5, 5.41) is 0.946. The van der Waals surface area contributed by atoms with Gasteiger partial charge in [0.25, 0.3) is 0 Å². The number of amides is 1. The summed E-state index contributed by atoms with van der Waals surface area (Å²) in [5.74, 6) is -0.294. The van der Waals surface area contributed by atoms with Crippen molar-refractivity contribution in [3.8, 4) is 0 Å². The Hall–Kier alpha value is -1.36. The van der Waals surface area contributed by atoms with E-state index in [-0.39, 0.29) is 11.9 Å². The smallest absolute Gasteiger partial charge is 0.240 e. The first kappa shape index (κ1) is 9.21. The van der Waals surface area contributed by atoms with Crippen LogP contribution in [0, 0.1) is 0 Å². The largest absolute Gasteiger partial charge is 0.368 e. The zero-order valence-electron chi connectivity index (χ0n) is 7.47.